The van der Waals surface area contributed by atoms with E-state index in [9.17, 15) is 22.4 Å². The SMILES string of the molecule is CN(C)C1CCC(CNC(=O)c2ccccc2OC(F)(F)C(F)F)CC1. The van der Waals surface area contributed by atoms with E-state index in [1.54, 1.807) is 0 Å². The molecule has 0 bridgehead atoms. The fourth-order valence-electron chi connectivity index (χ4n) is 3.13. The Morgan fingerprint density at radius 3 is 2.42 bits per heavy atom. The number of hydrogen-bond donors (Lipinski definition) is 1. The largest absolute Gasteiger partial charge is 0.461 e. The molecule has 1 aliphatic rings. The zero-order valence-electron chi connectivity index (χ0n) is 14.9. The van der Waals surface area contributed by atoms with Crippen LogP contribution < -0.4 is 10.1 Å². The van der Waals surface area contributed by atoms with Gasteiger partial charge in [-0.15, -0.1) is 0 Å². The lowest BCUT2D eigenvalue weighted by molar-refractivity contribution is -0.253. The van der Waals surface area contributed by atoms with Crippen LogP contribution in [0.1, 0.15) is 36.0 Å². The van der Waals surface area contributed by atoms with Gasteiger partial charge in [-0.2, -0.15) is 17.6 Å². The second-order valence-corrected chi connectivity index (χ2v) is 6.81. The van der Waals surface area contributed by atoms with Gasteiger partial charge >= 0.3 is 12.5 Å². The Hall–Kier alpha value is -1.83. The van der Waals surface area contributed by atoms with Gasteiger partial charge in [-0.3, -0.25) is 4.79 Å². The van der Waals surface area contributed by atoms with Gasteiger partial charge in [-0.05, 0) is 57.8 Å². The molecule has 2 rings (SSSR count). The van der Waals surface area contributed by atoms with Crippen molar-refractivity contribution < 1.29 is 27.1 Å². The number of carbonyl (C=O) groups is 1. The Morgan fingerprint density at radius 2 is 1.85 bits per heavy atom. The van der Waals surface area contributed by atoms with Crippen LogP contribution in [0.3, 0.4) is 0 Å². The highest BCUT2D eigenvalue weighted by molar-refractivity contribution is 5.96. The Morgan fingerprint density at radius 1 is 1.23 bits per heavy atom. The lowest BCUT2D eigenvalue weighted by atomic mass is 9.85. The molecule has 0 heterocycles. The smallest absolute Gasteiger partial charge is 0.427 e. The molecule has 1 saturated carbocycles. The van der Waals surface area contributed by atoms with Gasteiger partial charge in [-0.25, -0.2) is 0 Å². The molecule has 26 heavy (non-hydrogen) atoms. The molecule has 1 amide bonds. The third-order valence-corrected chi connectivity index (χ3v) is 4.73. The number of hydrogen-bond acceptors (Lipinski definition) is 3. The van der Waals surface area contributed by atoms with E-state index in [0.717, 1.165) is 31.7 Å². The number of benzene rings is 1. The molecule has 0 aliphatic heterocycles. The number of nitrogens with zero attached hydrogens (tertiary/aromatic N) is 1. The number of ether oxygens (including phenoxy) is 1. The molecule has 1 aromatic carbocycles. The topological polar surface area (TPSA) is 41.6 Å². The van der Waals surface area contributed by atoms with Gasteiger partial charge in [0.05, 0.1) is 5.56 Å². The van der Waals surface area contributed by atoms with Crippen LogP contribution in [-0.2, 0) is 0 Å². The molecule has 0 saturated heterocycles. The molecule has 1 aromatic rings. The Labute approximate surface area is 150 Å². The molecule has 1 aliphatic carbocycles. The number of nitrogens with one attached hydrogen (secondary N) is 1. The average molecular weight is 376 g/mol. The normalized spacial score (nSPS) is 21.1. The number of para-hydroxylation sites is 1. The molecule has 0 radical (unpaired) electrons. The van der Waals surface area contributed by atoms with Crippen LogP contribution in [0.5, 0.6) is 5.75 Å². The summed E-state index contributed by atoms with van der Waals surface area (Å²) in [5.74, 6) is -0.863. The van der Waals surface area contributed by atoms with Crippen molar-refractivity contribution in [3.63, 3.8) is 0 Å². The van der Waals surface area contributed by atoms with E-state index in [-0.39, 0.29) is 5.56 Å². The summed E-state index contributed by atoms with van der Waals surface area (Å²) in [6, 6.07) is 5.69. The van der Waals surface area contributed by atoms with E-state index < -0.39 is 24.2 Å². The van der Waals surface area contributed by atoms with Gasteiger partial charge in [0, 0.05) is 12.6 Å². The van der Waals surface area contributed by atoms with Crippen molar-refractivity contribution in [2.24, 2.45) is 5.92 Å². The van der Waals surface area contributed by atoms with E-state index in [0.29, 0.717) is 18.5 Å². The van der Waals surface area contributed by atoms with Crippen molar-refractivity contribution in [2.75, 3.05) is 20.6 Å². The number of halogens is 4. The number of carbonyl (C=O) groups excluding carboxylic acids is 1. The van der Waals surface area contributed by atoms with Gasteiger partial charge in [-0.1, -0.05) is 12.1 Å². The fourth-order valence-corrected chi connectivity index (χ4v) is 3.13. The quantitative estimate of drug-likeness (QED) is 0.737. The summed E-state index contributed by atoms with van der Waals surface area (Å²) < 4.78 is 55.1. The number of alkyl halides is 4. The van der Waals surface area contributed by atoms with Gasteiger partial charge in [0.2, 0.25) is 0 Å². The van der Waals surface area contributed by atoms with E-state index in [1.807, 2.05) is 14.1 Å². The van der Waals surface area contributed by atoms with Gasteiger partial charge < -0.3 is 15.0 Å². The fraction of sp³-hybridized carbons (Fsp3) is 0.611. The van der Waals surface area contributed by atoms with Gasteiger partial charge in [0.1, 0.15) is 5.75 Å². The van der Waals surface area contributed by atoms with Crippen molar-refractivity contribution >= 4 is 5.91 Å². The molecule has 1 fully saturated rings. The van der Waals surface area contributed by atoms with Gasteiger partial charge in [0.25, 0.3) is 5.91 Å². The minimum absolute atomic E-state index is 0.185. The van der Waals surface area contributed by atoms with Crippen LogP contribution in [-0.4, -0.2) is 50.0 Å². The first kappa shape index (κ1) is 20.5. The highest BCUT2D eigenvalue weighted by Crippen LogP contribution is 2.30. The average Bonchev–Trinajstić information content (AvgIpc) is 2.60. The molecule has 0 atom stereocenters. The predicted molar refractivity (Wildman–Crippen MR) is 89.8 cm³/mol. The van der Waals surface area contributed by atoms with Crippen LogP contribution in [0.2, 0.25) is 0 Å². The summed E-state index contributed by atoms with van der Waals surface area (Å²) >= 11 is 0. The summed E-state index contributed by atoms with van der Waals surface area (Å²) in [5.41, 5.74) is -0.185. The molecule has 8 heteroatoms. The second-order valence-electron chi connectivity index (χ2n) is 6.81. The van der Waals surface area contributed by atoms with Crippen LogP contribution in [0.25, 0.3) is 0 Å². The summed E-state index contributed by atoms with van der Waals surface area (Å²) in [7, 11) is 4.08. The lowest BCUT2D eigenvalue weighted by Crippen LogP contribution is -2.37. The maximum atomic E-state index is 13.1. The first-order valence-electron chi connectivity index (χ1n) is 8.59. The molecule has 0 spiro atoms. The third-order valence-electron chi connectivity index (χ3n) is 4.73. The Balaban J connectivity index is 1.94. The second kappa shape index (κ2) is 8.70. The summed E-state index contributed by atoms with van der Waals surface area (Å²) in [6.07, 6.45) is -4.64. The van der Waals surface area contributed by atoms with E-state index in [1.165, 1.54) is 18.2 Å². The van der Waals surface area contributed by atoms with Gasteiger partial charge in [0.15, 0.2) is 0 Å². The summed E-state index contributed by atoms with van der Waals surface area (Å²) in [4.78, 5) is 14.5. The predicted octanol–water partition coefficient (Wildman–Crippen LogP) is 3.77. The molecule has 1 N–H and O–H groups in total. The van der Waals surface area contributed by atoms with E-state index in [4.69, 9.17) is 0 Å². The molecular formula is C18H24F4N2O2. The van der Waals surface area contributed by atoms with Crippen molar-refractivity contribution in [1.82, 2.24) is 10.2 Å². The maximum absolute atomic E-state index is 13.1. The molecule has 0 aromatic heterocycles. The zero-order valence-corrected chi connectivity index (χ0v) is 14.9. The van der Waals surface area contributed by atoms with Crippen LogP contribution >= 0.6 is 0 Å². The summed E-state index contributed by atoms with van der Waals surface area (Å²) in [5, 5.41) is 2.70. The van der Waals surface area contributed by atoms with Crippen LogP contribution in [0.4, 0.5) is 17.6 Å². The zero-order chi connectivity index (χ0) is 19.3. The van der Waals surface area contributed by atoms with Crippen LogP contribution in [0.15, 0.2) is 24.3 Å². The molecular weight excluding hydrogens is 352 g/mol. The number of rotatable bonds is 7. The van der Waals surface area contributed by atoms with E-state index in [2.05, 4.69) is 15.0 Å². The first-order chi connectivity index (χ1) is 12.2. The standard InChI is InChI=1S/C18H24F4N2O2/c1-24(2)13-9-7-12(8-10-13)11-23-16(25)14-5-3-4-6-15(14)26-18(21,22)17(19)20/h3-6,12-13,17H,7-11H2,1-2H3,(H,23,25). The molecule has 0 unspecified atom stereocenters. The third kappa shape index (κ3) is 5.33. The maximum Gasteiger partial charge on any atom is 0.461 e. The summed E-state index contributed by atoms with van der Waals surface area (Å²) in [6.45, 7) is 0.415. The number of amides is 1. The van der Waals surface area contributed by atoms with Crippen LogP contribution in [0, 0.1) is 5.92 Å². The highest BCUT2D eigenvalue weighted by Gasteiger charge is 2.44. The van der Waals surface area contributed by atoms with Crippen molar-refractivity contribution in [3.8, 4) is 5.75 Å². The Kier molecular flexibility index (Phi) is 6.86. The Bertz CT molecular complexity index is 603. The molecule has 146 valence electrons. The lowest BCUT2D eigenvalue weighted by Gasteiger charge is -2.32. The minimum Gasteiger partial charge on any atom is -0.427 e. The van der Waals surface area contributed by atoms with Crippen molar-refractivity contribution in [3.05, 3.63) is 29.8 Å². The molecule has 4 nitrogen and oxygen atoms in total. The monoisotopic (exact) mass is 376 g/mol. The van der Waals surface area contributed by atoms with E-state index >= 15 is 0 Å². The van der Waals surface area contributed by atoms with Crippen molar-refractivity contribution in [2.45, 2.75) is 44.3 Å². The minimum atomic E-state index is -4.65. The highest BCUT2D eigenvalue weighted by atomic mass is 19.3. The van der Waals surface area contributed by atoms with Crippen molar-refractivity contribution in [1.29, 1.82) is 0 Å². The first-order valence-corrected chi connectivity index (χ1v) is 8.59.